The average molecular weight is 375 g/mol. The number of rotatable bonds is 2. The Balaban J connectivity index is 0.000000399. The van der Waals surface area contributed by atoms with Crippen molar-refractivity contribution < 1.29 is 31.4 Å². The molecule has 0 amide bonds. The van der Waals surface area contributed by atoms with Gasteiger partial charge in [0.1, 0.15) is 5.82 Å². The van der Waals surface area contributed by atoms with E-state index in [1.54, 1.807) is 12.1 Å². The SMILES string of the molecule is COC(=O)[C@H]1[C@H](c2ccc(F)cc2)C[C@H]2CC[C@@H]1N2C.O=S(=O)(O)O. The third-order valence-corrected chi connectivity index (χ3v) is 5.04. The fraction of sp³-hybridized carbons (Fsp3) is 0.562. The molecule has 2 N–H and O–H groups in total. The maximum atomic E-state index is 13.1. The fourth-order valence-corrected chi connectivity index (χ4v) is 3.98. The summed E-state index contributed by atoms with van der Waals surface area (Å²) in [5, 5.41) is 0. The molecule has 0 saturated carbocycles. The molecule has 1 aromatic carbocycles. The molecule has 25 heavy (non-hydrogen) atoms. The normalized spacial score (nSPS) is 28.8. The van der Waals surface area contributed by atoms with Gasteiger partial charge in [0.25, 0.3) is 0 Å². The second-order valence-corrected chi connectivity index (χ2v) is 7.25. The van der Waals surface area contributed by atoms with Crippen LogP contribution in [0.2, 0.25) is 0 Å². The Morgan fingerprint density at radius 2 is 1.80 bits per heavy atom. The van der Waals surface area contributed by atoms with Gasteiger partial charge >= 0.3 is 16.4 Å². The molecule has 2 bridgehead atoms. The van der Waals surface area contributed by atoms with E-state index in [-0.39, 0.29) is 29.7 Å². The molecule has 3 rings (SSSR count). The molecule has 7 nitrogen and oxygen atoms in total. The highest BCUT2D eigenvalue weighted by Gasteiger charge is 2.49. The summed E-state index contributed by atoms with van der Waals surface area (Å²) in [6.45, 7) is 0. The second kappa shape index (κ2) is 7.77. The van der Waals surface area contributed by atoms with Gasteiger partial charge in [0, 0.05) is 18.0 Å². The molecule has 2 saturated heterocycles. The van der Waals surface area contributed by atoms with Crippen LogP contribution in [0.15, 0.2) is 24.3 Å². The predicted octanol–water partition coefficient (Wildman–Crippen LogP) is 1.91. The van der Waals surface area contributed by atoms with Crippen LogP contribution in [0.4, 0.5) is 4.39 Å². The van der Waals surface area contributed by atoms with Gasteiger partial charge in [-0.1, -0.05) is 12.1 Å². The Hall–Kier alpha value is -1.55. The number of nitrogens with zero attached hydrogens (tertiary/aromatic N) is 1. The lowest BCUT2D eigenvalue weighted by molar-refractivity contribution is -0.150. The summed E-state index contributed by atoms with van der Waals surface area (Å²) >= 11 is 0. The van der Waals surface area contributed by atoms with Crippen LogP contribution in [0.1, 0.15) is 30.7 Å². The van der Waals surface area contributed by atoms with Gasteiger partial charge < -0.3 is 4.74 Å². The minimum atomic E-state index is -4.67. The molecule has 140 valence electrons. The molecular weight excluding hydrogens is 353 g/mol. The van der Waals surface area contributed by atoms with Gasteiger partial charge in [0.2, 0.25) is 0 Å². The zero-order valence-electron chi connectivity index (χ0n) is 14.0. The van der Waals surface area contributed by atoms with E-state index in [9.17, 15) is 9.18 Å². The third kappa shape index (κ3) is 4.97. The van der Waals surface area contributed by atoms with E-state index in [0.717, 1.165) is 24.8 Å². The minimum Gasteiger partial charge on any atom is -0.469 e. The van der Waals surface area contributed by atoms with E-state index < -0.39 is 10.4 Å². The van der Waals surface area contributed by atoms with Crippen molar-refractivity contribution in [1.82, 2.24) is 4.90 Å². The number of halogens is 1. The number of piperidine rings is 1. The number of ether oxygens (including phenoxy) is 1. The zero-order chi connectivity index (χ0) is 18.8. The molecule has 0 aromatic heterocycles. The highest BCUT2D eigenvalue weighted by molar-refractivity contribution is 7.79. The van der Waals surface area contributed by atoms with Gasteiger partial charge in [0.15, 0.2) is 0 Å². The van der Waals surface area contributed by atoms with Crippen molar-refractivity contribution in [2.75, 3.05) is 14.2 Å². The Morgan fingerprint density at radius 1 is 1.24 bits per heavy atom. The van der Waals surface area contributed by atoms with Gasteiger partial charge in [-0.05, 0) is 44.0 Å². The Bertz CT molecular complexity index is 700. The monoisotopic (exact) mass is 375 g/mol. The third-order valence-electron chi connectivity index (χ3n) is 5.04. The maximum Gasteiger partial charge on any atom is 0.394 e. The average Bonchev–Trinajstić information content (AvgIpc) is 2.76. The van der Waals surface area contributed by atoms with Crippen LogP contribution in [0.5, 0.6) is 0 Å². The highest BCUT2D eigenvalue weighted by atomic mass is 32.3. The summed E-state index contributed by atoms with van der Waals surface area (Å²) in [6, 6.07) is 7.34. The van der Waals surface area contributed by atoms with Crippen molar-refractivity contribution in [3.8, 4) is 0 Å². The molecule has 0 spiro atoms. The van der Waals surface area contributed by atoms with Crippen LogP contribution in [0.3, 0.4) is 0 Å². The molecule has 2 aliphatic heterocycles. The lowest BCUT2D eigenvalue weighted by Gasteiger charge is -2.41. The molecule has 0 radical (unpaired) electrons. The first-order valence-electron chi connectivity index (χ1n) is 7.87. The summed E-state index contributed by atoms with van der Waals surface area (Å²) in [5.41, 5.74) is 1.05. The van der Waals surface area contributed by atoms with Crippen LogP contribution >= 0.6 is 0 Å². The van der Waals surface area contributed by atoms with E-state index in [1.165, 1.54) is 19.2 Å². The number of esters is 1. The standard InChI is InChI=1S/C16H20FNO2.H2O4S/c1-18-12-7-8-14(18)15(16(19)20-2)13(9-12)10-3-5-11(17)6-4-10;1-5(2,3)4/h3-6,12-15H,7-9H2,1-2H3;(H2,1,2,3,4)/t12-,13+,14+,15+;/m1./s1. The smallest absolute Gasteiger partial charge is 0.394 e. The quantitative estimate of drug-likeness (QED) is 0.601. The van der Waals surface area contributed by atoms with Crippen molar-refractivity contribution in [3.05, 3.63) is 35.6 Å². The fourth-order valence-electron chi connectivity index (χ4n) is 3.98. The molecule has 4 atom stereocenters. The first-order valence-corrected chi connectivity index (χ1v) is 9.26. The second-order valence-electron chi connectivity index (χ2n) is 6.35. The molecule has 9 heteroatoms. The molecule has 0 unspecified atom stereocenters. The van der Waals surface area contributed by atoms with Gasteiger partial charge in [-0.25, -0.2) is 4.39 Å². The summed E-state index contributed by atoms with van der Waals surface area (Å²) < 4.78 is 49.7. The molecule has 2 fully saturated rings. The van der Waals surface area contributed by atoms with Gasteiger partial charge in [-0.15, -0.1) is 0 Å². The molecule has 1 aromatic rings. The lowest BCUT2D eigenvalue weighted by atomic mass is 9.76. The number of carbonyl (C=O) groups excluding carboxylic acids is 1. The van der Waals surface area contributed by atoms with Crippen LogP contribution in [-0.2, 0) is 19.9 Å². The summed E-state index contributed by atoms with van der Waals surface area (Å²) in [7, 11) is -1.12. The molecular formula is C16H22FNO6S. The van der Waals surface area contributed by atoms with Crippen LogP contribution in [0.25, 0.3) is 0 Å². The molecule has 2 aliphatic rings. The van der Waals surface area contributed by atoms with Gasteiger partial charge in [-0.2, -0.15) is 8.42 Å². The largest absolute Gasteiger partial charge is 0.469 e. The van der Waals surface area contributed by atoms with E-state index in [0.29, 0.717) is 6.04 Å². The number of methoxy groups -OCH3 is 1. The maximum absolute atomic E-state index is 13.1. The lowest BCUT2D eigenvalue weighted by Crippen LogP contribution is -2.49. The number of hydrogen-bond donors (Lipinski definition) is 2. The number of carbonyl (C=O) groups is 1. The van der Waals surface area contributed by atoms with Crippen molar-refractivity contribution in [3.63, 3.8) is 0 Å². The predicted molar refractivity (Wildman–Crippen MR) is 88.0 cm³/mol. The summed E-state index contributed by atoms with van der Waals surface area (Å²) in [4.78, 5) is 14.5. The van der Waals surface area contributed by atoms with E-state index >= 15 is 0 Å². The van der Waals surface area contributed by atoms with E-state index in [1.807, 2.05) is 0 Å². The van der Waals surface area contributed by atoms with Crippen LogP contribution < -0.4 is 0 Å². The first-order chi connectivity index (χ1) is 11.6. The molecule has 2 heterocycles. The van der Waals surface area contributed by atoms with Gasteiger partial charge in [-0.3, -0.25) is 18.8 Å². The van der Waals surface area contributed by atoms with E-state index in [2.05, 4.69) is 11.9 Å². The van der Waals surface area contributed by atoms with Gasteiger partial charge in [0.05, 0.1) is 13.0 Å². The molecule has 0 aliphatic carbocycles. The topological polar surface area (TPSA) is 104 Å². The number of hydrogen-bond acceptors (Lipinski definition) is 5. The number of fused-ring (bicyclic) bond motifs is 2. The first kappa shape index (κ1) is 19.8. The van der Waals surface area contributed by atoms with Crippen molar-refractivity contribution in [2.45, 2.75) is 37.3 Å². The van der Waals surface area contributed by atoms with Crippen LogP contribution in [0, 0.1) is 11.7 Å². The van der Waals surface area contributed by atoms with Crippen molar-refractivity contribution in [1.29, 1.82) is 0 Å². The number of benzene rings is 1. The van der Waals surface area contributed by atoms with Crippen molar-refractivity contribution >= 4 is 16.4 Å². The van der Waals surface area contributed by atoms with Crippen molar-refractivity contribution in [2.24, 2.45) is 5.92 Å². The Kier molecular flexibility index (Phi) is 6.15. The highest BCUT2D eigenvalue weighted by Crippen LogP contribution is 2.46. The summed E-state index contributed by atoms with van der Waals surface area (Å²) in [5.74, 6) is -0.387. The van der Waals surface area contributed by atoms with E-state index in [4.69, 9.17) is 22.3 Å². The summed E-state index contributed by atoms with van der Waals surface area (Å²) in [6.07, 6.45) is 3.11. The minimum absolute atomic E-state index is 0.136. The zero-order valence-corrected chi connectivity index (χ0v) is 14.8. The Labute approximate surface area is 146 Å². The Morgan fingerprint density at radius 3 is 2.32 bits per heavy atom. The van der Waals surface area contributed by atoms with Crippen LogP contribution in [-0.4, -0.2) is 54.6 Å².